The lowest BCUT2D eigenvalue weighted by Crippen LogP contribution is -2.27. The molecule has 2 aromatic rings. The highest BCUT2D eigenvalue weighted by Crippen LogP contribution is 2.34. The molecule has 1 aromatic carbocycles. The molecule has 1 N–H and O–H groups in total. The normalized spacial score (nSPS) is 16.3. The maximum atomic E-state index is 12.8. The number of aromatic nitrogens is 2. The summed E-state index contributed by atoms with van der Waals surface area (Å²) in [6, 6.07) is 4.99. The quantitative estimate of drug-likeness (QED) is 0.886. The minimum absolute atomic E-state index is 0.281. The van der Waals surface area contributed by atoms with Crippen LogP contribution in [0.25, 0.3) is 0 Å². The number of ether oxygens (including phenoxy) is 2. The van der Waals surface area contributed by atoms with Crippen LogP contribution >= 0.6 is 0 Å². The Balaban J connectivity index is 1.96. The number of nitrogens with one attached hydrogen (secondary N) is 1. The highest BCUT2D eigenvalue weighted by Gasteiger charge is 2.31. The molecule has 0 aliphatic carbocycles. The van der Waals surface area contributed by atoms with Crippen molar-refractivity contribution in [1.29, 1.82) is 0 Å². The molecule has 1 aromatic heterocycles. The predicted octanol–water partition coefficient (Wildman–Crippen LogP) is 2.67. The van der Waals surface area contributed by atoms with Gasteiger partial charge < -0.3 is 14.8 Å². The van der Waals surface area contributed by atoms with E-state index in [0.29, 0.717) is 34.4 Å². The van der Waals surface area contributed by atoms with Gasteiger partial charge in [0.25, 0.3) is 5.91 Å². The number of anilines is 1. The third-order valence-electron chi connectivity index (χ3n) is 4.18. The van der Waals surface area contributed by atoms with Crippen LogP contribution < -0.4 is 14.8 Å². The summed E-state index contributed by atoms with van der Waals surface area (Å²) in [5.74, 6) is 2.20. The molecule has 26 heavy (non-hydrogen) atoms. The van der Waals surface area contributed by atoms with Gasteiger partial charge in [0.05, 0.1) is 37.0 Å². The van der Waals surface area contributed by atoms with Gasteiger partial charge in [0, 0.05) is 21.9 Å². The fourth-order valence-corrected chi connectivity index (χ4v) is 4.16. The van der Waals surface area contributed by atoms with E-state index in [2.05, 4.69) is 10.4 Å². The van der Waals surface area contributed by atoms with E-state index in [9.17, 15) is 9.00 Å². The van der Waals surface area contributed by atoms with Gasteiger partial charge in [0.15, 0.2) is 11.5 Å². The first-order chi connectivity index (χ1) is 12.2. The fraction of sp³-hybridized carbons (Fsp3) is 0.444. The lowest BCUT2D eigenvalue weighted by atomic mass is 10.1. The second-order valence-electron chi connectivity index (χ2n) is 7.11. The molecule has 1 amide bonds. The van der Waals surface area contributed by atoms with Crippen molar-refractivity contribution in [2.75, 3.05) is 19.5 Å². The smallest absolute Gasteiger partial charge is 0.256 e. The van der Waals surface area contributed by atoms with Gasteiger partial charge in [-0.2, -0.15) is 5.10 Å². The molecule has 140 valence electrons. The van der Waals surface area contributed by atoms with Crippen LogP contribution in [0.5, 0.6) is 11.5 Å². The minimum atomic E-state index is -0.966. The summed E-state index contributed by atoms with van der Waals surface area (Å²) in [6.07, 6.45) is 0. The molecule has 3 rings (SSSR count). The highest BCUT2D eigenvalue weighted by atomic mass is 32.2. The first-order valence-corrected chi connectivity index (χ1v) is 9.73. The van der Waals surface area contributed by atoms with E-state index in [0.717, 1.165) is 11.3 Å². The van der Waals surface area contributed by atoms with E-state index < -0.39 is 10.8 Å². The van der Waals surface area contributed by atoms with Crippen LogP contribution in [0.15, 0.2) is 18.2 Å². The Morgan fingerprint density at radius 2 is 1.88 bits per heavy atom. The van der Waals surface area contributed by atoms with Gasteiger partial charge >= 0.3 is 0 Å². The monoisotopic (exact) mass is 377 g/mol. The largest absolute Gasteiger partial charge is 0.493 e. The Labute approximate surface area is 155 Å². The zero-order chi connectivity index (χ0) is 19.1. The van der Waals surface area contributed by atoms with Gasteiger partial charge in [0.1, 0.15) is 5.82 Å². The number of carbonyl (C=O) groups excluding carboxylic acids is 1. The number of amides is 1. The molecule has 0 spiro atoms. The summed E-state index contributed by atoms with van der Waals surface area (Å²) < 4.78 is 24.2. The van der Waals surface area contributed by atoms with E-state index in [1.54, 1.807) is 30.0 Å². The summed E-state index contributed by atoms with van der Waals surface area (Å²) in [5, 5.41) is 7.54. The van der Waals surface area contributed by atoms with E-state index >= 15 is 0 Å². The number of carbonyl (C=O) groups is 1. The van der Waals surface area contributed by atoms with Gasteiger partial charge in [0.2, 0.25) is 0 Å². The van der Waals surface area contributed by atoms with Crippen molar-refractivity contribution in [2.45, 2.75) is 37.8 Å². The minimum Gasteiger partial charge on any atom is -0.493 e. The van der Waals surface area contributed by atoms with Crippen molar-refractivity contribution < 1.29 is 18.5 Å². The molecular weight excluding hydrogens is 354 g/mol. The highest BCUT2D eigenvalue weighted by molar-refractivity contribution is 7.83. The topological polar surface area (TPSA) is 82.5 Å². The standard InChI is InChI=1S/C18H23N3O4S/c1-18(2,3)21-16(12-9-26(23)10-13(12)20-21)19-17(22)11-6-7-14(24-4)15(8-11)25-5/h6-8H,9-10H2,1-5H3,(H,19,22)/t26-/m1/s1. The maximum Gasteiger partial charge on any atom is 0.256 e. The van der Waals surface area contributed by atoms with Crippen LogP contribution in [0.2, 0.25) is 0 Å². The second-order valence-corrected chi connectivity index (χ2v) is 8.57. The lowest BCUT2D eigenvalue weighted by molar-refractivity contribution is 0.102. The van der Waals surface area contributed by atoms with Crippen LogP contribution in [-0.4, -0.2) is 34.1 Å². The summed E-state index contributed by atoms with van der Waals surface area (Å²) in [5.41, 5.74) is 1.77. The predicted molar refractivity (Wildman–Crippen MR) is 100 cm³/mol. The second kappa shape index (κ2) is 6.75. The average Bonchev–Trinajstić information content (AvgIpc) is 3.11. The Morgan fingerprint density at radius 3 is 2.50 bits per heavy atom. The molecule has 0 saturated carbocycles. The van der Waals surface area contributed by atoms with Crippen LogP contribution in [0.3, 0.4) is 0 Å². The molecule has 8 heteroatoms. The number of hydrogen-bond acceptors (Lipinski definition) is 5. The van der Waals surface area contributed by atoms with Gasteiger partial charge in [-0.1, -0.05) is 0 Å². The molecule has 1 aliphatic heterocycles. The van der Waals surface area contributed by atoms with Crippen molar-refractivity contribution in [3.63, 3.8) is 0 Å². The van der Waals surface area contributed by atoms with Crippen molar-refractivity contribution in [1.82, 2.24) is 9.78 Å². The Hall–Kier alpha value is -2.35. The number of nitrogens with zero attached hydrogens (tertiary/aromatic N) is 2. The van der Waals surface area contributed by atoms with Crippen molar-refractivity contribution in [3.05, 3.63) is 35.0 Å². The molecule has 7 nitrogen and oxygen atoms in total. The van der Waals surface area contributed by atoms with Gasteiger partial charge in [-0.3, -0.25) is 9.00 Å². The van der Waals surface area contributed by atoms with Crippen molar-refractivity contribution >= 4 is 22.5 Å². The van der Waals surface area contributed by atoms with Gasteiger partial charge in [-0.15, -0.1) is 0 Å². The fourth-order valence-electron chi connectivity index (χ4n) is 2.90. The average molecular weight is 377 g/mol. The molecule has 1 atom stereocenters. The number of methoxy groups -OCH3 is 2. The van der Waals surface area contributed by atoms with E-state index in [1.807, 2.05) is 20.8 Å². The summed E-state index contributed by atoms with van der Waals surface area (Å²) in [6.45, 7) is 6.04. The molecule has 0 radical (unpaired) electrons. The number of fused-ring (bicyclic) bond motifs is 1. The Bertz CT molecular complexity index is 883. The molecule has 0 fully saturated rings. The van der Waals surface area contributed by atoms with Crippen LogP contribution in [0.1, 0.15) is 42.4 Å². The zero-order valence-electron chi connectivity index (χ0n) is 15.6. The Kier molecular flexibility index (Phi) is 4.79. The zero-order valence-corrected chi connectivity index (χ0v) is 16.4. The van der Waals surface area contributed by atoms with E-state index in [1.165, 1.54) is 7.11 Å². The van der Waals surface area contributed by atoms with Gasteiger partial charge in [-0.25, -0.2) is 4.68 Å². The van der Waals surface area contributed by atoms with Crippen molar-refractivity contribution in [3.8, 4) is 11.5 Å². The van der Waals surface area contributed by atoms with Crippen LogP contribution in [-0.2, 0) is 27.8 Å². The molecular formula is C18H23N3O4S. The SMILES string of the molecule is COc1ccc(C(=O)Nc2c3c(nn2C(C)(C)C)C[S@](=O)C3)cc1OC. The summed E-state index contributed by atoms with van der Waals surface area (Å²) >= 11 is 0. The third kappa shape index (κ3) is 3.33. The van der Waals surface area contributed by atoms with Crippen LogP contribution in [0.4, 0.5) is 5.82 Å². The Morgan fingerprint density at radius 1 is 1.19 bits per heavy atom. The van der Waals surface area contributed by atoms with Crippen LogP contribution in [0, 0.1) is 0 Å². The summed E-state index contributed by atoms with van der Waals surface area (Å²) in [7, 11) is 2.10. The van der Waals surface area contributed by atoms with Crippen molar-refractivity contribution in [2.24, 2.45) is 0 Å². The third-order valence-corrected chi connectivity index (χ3v) is 5.39. The number of benzene rings is 1. The van der Waals surface area contributed by atoms with E-state index in [4.69, 9.17) is 9.47 Å². The first kappa shape index (κ1) is 18.4. The molecule has 2 heterocycles. The number of rotatable bonds is 4. The summed E-state index contributed by atoms with van der Waals surface area (Å²) in [4.78, 5) is 12.8. The molecule has 0 saturated heterocycles. The lowest BCUT2D eigenvalue weighted by Gasteiger charge is -2.23. The number of hydrogen-bond donors (Lipinski definition) is 1. The first-order valence-electron chi connectivity index (χ1n) is 8.24. The molecule has 0 unspecified atom stereocenters. The maximum absolute atomic E-state index is 12.8. The van der Waals surface area contributed by atoms with E-state index in [-0.39, 0.29) is 11.4 Å². The molecule has 1 aliphatic rings. The van der Waals surface area contributed by atoms with Gasteiger partial charge in [-0.05, 0) is 39.0 Å². The molecule has 0 bridgehead atoms.